The summed E-state index contributed by atoms with van der Waals surface area (Å²) in [6.07, 6.45) is 4.35. The third kappa shape index (κ3) is 5.71. The predicted molar refractivity (Wildman–Crippen MR) is 158 cm³/mol. The van der Waals surface area contributed by atoms with E-state index in [-0.39, 0.29) is 10.8 Å². The molecule has 0 aliphatic carbocycles. The smallest absolute Gasteiger partial charge is 0.168 e. The maximum Gasteiger partial charge on any atom is 0.168 e. The van der Waals surface area contributed by atoms with Crippen molar-refractivity contribution >= 4 is 0 Å². The van der Waals surface area contributed by atoms with Gasteiger partial charge in [-0.3, -0.25) is 4.57 Å². The second-order valence-corrected chi connectivity index (χ2v) is 12.1. The Morgan fingerprint density at radius 2 is 1.46 bits per heavy atom. The molecule has 3 nitrogen and oxygen atoms in total. The molecule has 0 fully saturated rings. The van der Waals surface area contributed by atoms with Crippen LogP contribution in [0.1, 0.15) is 90.2 Å². The average Bonchev–Trinajstić information content (AvgIpc) is 3.33. The number of rotatable bonds is 8. The maximum atomic E-state index is 4.82. The number of benzene rings is 3. The van der Waals surface area contributed by atoms with Crippen LogP contribution in [0.5, 0.6) is 0 Å². The fourth-order valence-corrected chi connectivity index (χ4v) is 5.08. The summed E-state index contributed by atoms with van der Waals surface area (Å²) in [6, 6.07) is 24.5. The molecular weight excluding hydrogens is 450 g/mol. The number of aryl methyl sites for hydroxylation is 2. The van der Waals surface area contributed by atoms with Crippen molar-refractivity contribution in [2.75, 3.05) is 0 Å². The summed E-state index contributed by atoms with van der Waals surface area (Å²) in [4.78, 5) is 0. The monoisotopic (exact) mass is 493 g/mol. The fourth-order valence-electron chi connectivity index (χ4n) is 5.08. The number of nitrogens with zero attached hydrogens (tertiary/aromatic N) is 3. The van der Waals surface area contributed by atoms with Gasteiger partial charge in [0.25, 0.3) is 0 Å². The normalized spacial score (nSPS) is 12.2. The molecule has 0 unspecified atom stereocenters. The standard InChI is InChI=1S/C34H43N3/c1-9-11-21-34(7,8)32-36-35-31(28-14-12-13-24(3)22-28)37(32)30-20-17-27(23-25(30)10-2)26-15-18-29(19-16-26)33(4,5)6/h12-20,22-23H,9-11,21H2,1-8H3. The lowest BCUT2D eigenvalue weighted by molar-refractivity contribution is 0.425. The summed E-state index contributed by atoms with van der Waals surface area (Å²) in [5, 5.41) is 9.60. The highest BCUT2D eigenvalue weighted by molar-refractivity contribution is 5.69. The van der Waals surface area contributed by atoms with Crippen LogP contribution in [-0.4, -0.2) is 14.8 Å². The van der Waals surface area contributed by atoms with Gasteiger partial charge in [-0.05, 0) is 65.6 Å². The summed E-state index contributed by atoms with van der Waals surface area (Å²) in [7, 11) is 0. The molecule has 4 rings (SSSR count). The van der Waals surface area contributed by atoms with Gasteiger partial charge in [0.2, 0.25) is 0 Å². The SMILES string of the molecule is CCCCC(C)(C)c1nnc(-c2cccc(C)c2)n1-c1ccc(-c2ccc(C(C)(C)C)cc2)cc1CC. The summed E-state index contributed by atoms with van der Waals surface area (Å²) in [5.74, 6) is 1.95. The van der Waals surface area contributed by atoms with Crippen molar-refractivity contribution in [2.24, 2.45) is 0 Å². The van der Waals surface area contributed by atoms with Gasteiger partial charge in [-0.15, -0.1) is 10.2 Å². The van der Waals surface area contributed by atoms with E-state index >= 15 is 0 Å². The van der Waals surface area contributed by atoms with E-state index in [1.54, 1.807) is 0 Å². The van der Waals surface area contributed by atoms with E-state index < -0.39 is 0 Å². The molecule has 1 aromatic heterocycles. The summed E-state index contributed by atoms with van der Waals surface area (Å²) < 4.78 is 2.33. The summed E-state index contributed by atoms with van der Waals surface area (Å²) in [5.41, 5.74) is 8.74. The molecule has 37 heavy (non-hydrogen) atoms. The van der Waals surface area contributed by atoms with E-state index in [2.05, 4.69) is 127 Å². The zero-order valence-corrected chi connectivity index (χ0v) is 24.0. The highest BCUT2D eigenvalue weighted by Crippen LogP contribution is 2.36. The minimum absolute atomic E-state index is 0.0858. The quantitative estimate of drug-likeness (QED) is 0.245. The number of hydrogen-bond donors (Lipinski definition) is 0. The second-order valence-electron chi connectivity index (χ2n) is 12.1. The van der Waals surface area contributed by atoms with Crippen LogP contribution in [0.15, 0.2) is 66.7 Å². The van der Waals surface area contributed by atoms with Crippen LogP contribution in [0, 0.1) is 6.92 Å². The second kappa shape index (κ2) is 10.7. The molecule has 0 atom stereocenters. The Hall–Kier alpha value is -3.20. The van der Waals surface area contributed by atoms with E-state index in [4.69, 9.17) is 10.2 Å². The molecule has 0 bridgehead atoms. The van der Waals surface area contributed by atoms with E-state index in [1.165, 1.54) is 46.3 Å². The first kappa shape index (κ1) is 26.9. The van der Waals surface area contributed by atoms with Crippen LogP contribution in [0.3, 0.4) is 0 Å². The Morgan fingerprint density at radius 1 is 0.757 bits per heavy atom. The van der Waals surface area contributed by atoms with Crippen molar-refractivity contribution in [3.8, 4) is 28.2 Å². The van der Waals surface area contributed by atoms with Crippen LogP contribution >= 0.6 is 0 Å². The molecule has 0 spiro atoms. The van der Waals surface area contributed by atoms with Crippen LogP contribution in [-0.2, 0) is 17.3 Å². The van der Waals surface area contributed by atoms with Crippen molar-refractivity contribution in [1.82, 2.24) is 14.8 Å². The van der Waals surface area contributed by atoms with Gasteiger partial charge in [-0.1, -0.05) is 115 Å². The van der Waals surface area contributed by atoms with Gasteiger partial charge in [-0.25, -0.2) is 0 Å². The molecular formula is C34H43N3. The summed E-state index contributed by atoms with van der Waals surface area (Å²) in [6.45, 7) is 18.0. The molecule has 0 N–H and O–H groups in total. The van der Waals surface area contributed by atoms with Crippen LogP contribution in [0.25, 0.3) is 28.2 Å². The van der Waals surface area contributed by atoms with Crippen LogP contribution in [0.4, 0.5) is 0 Å². The Morgan fingerprint density at radius 3 is 2.08 bits per heavy atom. The van der Waals surface area contributed by atoms with Crippen molar-refractivity contribution < 1.29 is 0 Å². The predicted octanol–water partition coefficient (Wildman–Crippen LogP) is 9.24. The average molecular weight is 494 g/mol. The van der Waals surface area contributed by atoms with E-state index in [0.29, 0.717) is 0 Å². The lowest BCUT2D eigenvalue weighted by Gasteiger charge is -2.26. The molecule has 0 saturated heterocycles. The topological polar surface area (TPSA) is 30.7 Å². The van der Waals surface area contributed by atoms with Crippen molar-refractivity contribution in [1.29, 1.82) is 0 Å². The molecule has 4 aromatic rings. The first-order valence-corrected chi connectivity index (χ1v) is 13.8. The van der Waals surface area contributed by atoms with Gasteiger partial charge in [-0.2, -0.15) is 0 Å². The highest BCUT2D eigenvalue weighted by atomic mass is 15.3. The molecule has 0 radical (unpaired) electrons. The Labute approximate surface area is 224 Å². The van der Waals surface area contributed by atoms with Gasteiger partial charge in [0.15, 0.2) is 5.82 Å². The van der Waals surface area contributed by atoms with Gasteiger partial charge in [0, 0.05) is 11.0 Å². The van der Waals surface area contributed by atoms with Gasteiger partial charge in [0.05, 0.1) is 5.69 Å². The molecule has 0 amide bonds. The van der Waals surface area contributed by atoms with E-state index in [9.17, 15) is 0 Å². The minimum atomic E-state index is -0.0858. The summed E-state index contributed by atoms with van der Waals surface area (Å²) >= 11 is 0. The molecule has 3 heteroatoms. The molecule has 194 valence electrons. The van der Waals surface area contributed by atoms with Crippen LogP contribution in [0.2, 0.25) is 0 Å². The van der Waals surface area contributed by atoms with E-state index in [1.807, 2.05) is 0 Å². The molecule has 3 aromatic carbocycles. The maximum absolute atomic E-state index is 4.82. The van der Waals surface area contributed by atoms with Crippen LogP contribution < -0.4 is 0 Å². The number of unbranched alkanes of at least 4 members (excludes halogenated alkanes) is 1. The van der Waals surface area contributed by atoms with Crippen molar-refractivity contribution in [2.45, 2.75) is 91.9 Å². The highest BCUT2D eigenvalue weighted by Gasteiger charge is 2.30. The van der Waals surface area contributed by atoms with E-state index in [0.717, 1.165) is 30.1 Å². The number of aromatic nitrogens is 3. The first-order chi connectivity index (χ1) is 17.5. The largest absolute Gasteiger partial charge is 0.278 e. The molecule has 1 heterocycles. The van der Waals surface area contributed by atoms with Crippen molar-refractivity contribution in [3.63, 3.8) is 0 Å². The zero-order chi connectivity index (χ0) is 26.8. The van der Waals surface area contributed by atoms with Gasteiger partial charge in [0.1, 0.15) is 5.82 Å². The minimum Gasteiger partial charge on any atom is -0.278 e. The Balaban J connectivity index is 1.86. The van der Waals surface area contributed by atoms with Crippen molar-refractivity contribution in [3.05, 3.63) is 89.2 Å². The molecule has 0 saturated carbocycles. The Kier molecular flexibility index (Phi) is 7.73. The van der Waals surface area contributed by atoms with Gasteiger partial charge >= 0.3 is 0 Å². The lowest BCUT2D eigenvalue weighted by atomic mass is 9.85. The molecule has 0 aliphatic rings. The lowest BCUT2D eigenvalue weighted by Crippen LogP contribution is -2.23. The van der Waals surface area contributed by atoms with Gasteiger partial charge < -0.3 is 0 Å². The Bertz CT molecular complexity index is 1350. The zero-order valence-electron chi connectivity index (χ0n) is 24.0. The third-order valence-electron chi connectivity index (χ3n) is 7.49. The fraction of sp³-hybridized carbons (Fsp3) is 0.412. The third-order valence-corrected chi connectivity index (χ3v) is 7.49. The first-order valence-electron chi connectivity index (χ1n) is 13.8. The number of hydrogen-bond acceptors (Lipinski definition) is 2. The molecule has 0 aliphatic heterocycles.